The van der Waals surface area contributed by atoms with E-state index in [4.69, 9.17) is 21.1 Å². The molecule has 1 aliphatic heterocycles. The molecule has 0 fully saturated rings. The van der Waals surface area contributed by atoms with E-state index in [0.717, 1.165) is 22.4 Å². The summed E-state index contributed by atoms with van der Waals surface area (Å²) in [5.74, 6) is -1.67. The second kappa shape index (κ2) is 8.53. The molecule has 3 rings (SSSR count). The summed E-state index contributed by atoms with van der Waals surface area (Å²) in [5.41, 5.74) is 4.47. The van der Waals surface area contributed by atoms with E-state index in [-0.39, 0.29) is 0 Å². The van der Waals surface area contributed by atoms with Gasteiger partial charge in [-0.2, -0.15) is 0 Å². The zero-order chi connectivity index (χ0) is 21.1. The molecule has 0 atom stereocenters. The molecule has 1 aliphatic rings. The van der Waals surface area contributed by atoms with Crippen LogP contribution in [0.3, 0.4) is 0 Å². The Kier molecular flexibility index (Phi) is 6.09. The minimum atomic E-state index is -0.630. The van der Waals surface area contributed by atoms with Crippen LogP contribution in [-0.4, -0.2) is 26.2 Å². The topological polar surface area (TPSA) is 55.8 Å². The number of ether oxygens (including phenoxy) is 2. The van der Waals surface area contributed by atoms with Crippen LogP contribution in [-0.2, 0) is 19.1 Å². The number of benzene rings is 2. The van der Waals surface area contributed by atoms with Gasteiger partial charge in [0.25, 0.3) is 0 Å². The number of halogens is 1. The molecule has 29 heavy (non-hydrogen) atoms. The van der Waals surface area contributed by atoms with Crippen molar-refractivity contribution >= 4 is 29.2 Å². The van der Waals surface area contributed by atoms with Crippen molar-refractivity contribution in [1.29, 1.82) is 0 Å². The lowest BCUT2D eigenvalue weighted by molar-refractivity contribution is -0.137. The van der Waals surface area contributed by atoms with Gasteiger partial charge >= 0.3 is 11.9 Å². The lowest BCUT2D eigenvalue weighted by atomic mass is 9.83. The van der Waals surface area contributed by atoms with E-state index in [9.17, 15) is 9.59 Å². The summed E-state index contributed by atoms with van der Waals surface area (Å²) in [4.78, 5) is 27.0. The zero-order valence-electron chi connectivity index (χ0n) is 16.7. The molecular formula is C23H22ClNO4. The Morgan fingerprint density at radius 1 is 0.862 bits per heavy atom. The number of hydrogen-bond donors (Lipinski definition) is 0. The monoisotopic (exact) mass is 411 g/mol. The Bertz CT molecular complexity index is 974. The Hall–Kier alpha value is -3.05. The Labute approximate surface area is 175 Å². The number of carbonyl (C=O) groups excluding carboxylic acids is 2. The van der Waals surface area contributed by atoms with Gasteiger partial charge in [0.2, 0.25) is 0 Å². The van der Waals surface area contributed by atoms with Crippen molar-refractivity contribution in [3.63, 3.8) is 0 Å². The fourth-order valence-corrected chi connectivity index (χ4v) is 3.41. The van der Waals surface area contributed by atoms with E-state index in [1.165, 1.54) is 14.2 Å². The number of nitrogens with zero attached hydrogens (tertiary/aromatic N) is 1. The molecule has 5 nitrogen and oxygen atoms in total. The minimum absolute atomic E-state index is 0.330. The molecule has 1 heterocycles. The summed E-state index contributed by atoms with van der Waals surface area (Å²) in [7, 11) is 2.64. The molecule has 0 unspecified atom stereocenters. The van der Waals surface area contributed by atoms with Gasteiger partial charge in [0.1, 0.15) is 0 Å². The normalized spacial score (nSPS) is 14.2. The highest BCUT2D eigenvalue weighted by Gasteiger charge is 2.35. The number of aryl methyl sites for hydroxylation is 2. The van der Waals surface area contributed by atoms with E-state index in [0.29, 0.717) is 16.2 Å². The first kappa shape index (κ1) is 20.7. The van der Waals surface area contributed by atoms with Crippen LogP contribution in [0, 0.1) is 13.8 Å². The molecule has 150 valence electrons. The standard InChI is InChI=1S/C23H22ClNO4/c1-14-5-10-18(11-15(14)2)25-12-19(22(26)28-3)21(20(13-25)23(27)29-4)16-6-8-17(24)9-7-16/h5-13,21H,1-4H3. The molecule has 6 heteroatoms. The van der Waals surface area contributed by atoms with Gasteiger partial charge < -0.3 is 14.4 Å². The highest BCUT2D eigenvalue weighted by Crippen LogP contribution is 2.39. The summed E-state index contributed by atoms with van der Waals surface area (Å²) < 4.78 is 10.0. The third-order valence-corrected chi connectivity index (χ3v) is 5.26. The van der Waals surface area contributed by atoms with Crippen molar-refractivity contribution in [3.05, 3.63) is 87.7 Å². The van der Waals surface area contributed by atoms with E-state index in [2.05, 4.69) is 0 Å². The second-order valence-electron chi connectivity index (χ2n) is 6.81. The van der Waals surface area contributed by atoms with Crippen LogP contribution in [0.15, 0.2) is 66.0 Å². The van der Waals surface area contributed by atoms with Crippen molar-refractivity contribution < 1.29 is 19.1 Å². The molecule has 0 aromatic heterocycles. The number of anilines is 1. The van der Waals surface area contributed by atoms with Gasteiger partial charge in [-0.1, -0.05) is 29.8 Å². The van der Waals surface area contributed by atoms with Gasteiger partial charge in [-0.05, 0) is 54.8 Å². The summed E-state index contributed by atoms with van der Waals surface area (Å²) >= 11 is 6.01. The molecule has 0 amide bonds. The molecule has 0 spiro atoms. The number of carbonyl (C=O) groups is 2. The Balaban J connectivity index is 2.18. The minimum Gasteiger partial charge on any atom is -0.466 e. The third kappa shape index (κ3) is 4.20. The zero-order valence-corrected chi connectivity index (χ0v) is 17.5. The van der Waals surface area contributed by atoms with Crippen LogP contribution in [0.1, 0.15) is 22.6 Å². The van der Waals surface area contributed by atoms with Gasteiger partial charge in [-0.15, -0.1) is 0 Å². The average molecular weight is 412 g/mol. The first-order valence-electron chi connectivity index (χ1n) is 9.06. The van der Waals surface area contributed by atoms with Gasteiger partial charge in [-0.3, -0.25) is 0 Å². The number of methoxy groups -OCH3 is 2. The number of hydrogen-bond acceptors (Lipinski definition) is 5. The van der Waals surface area contributed by atoms with Gasteiger partial charge in [0.05, 0.1) is 31.3 Å². The maximum atomic E-state index is 12.6. The Morgan fingerprint density at radius 2 is 1.41 bits per heavy atom. The smallest absolute Gasteiger partial charge is 0.336 e. The molecule has 0 saturated carbocycles. The fraction of sp³-hybridized carbons (Fsp3) is 0.217. The largest absolute Gasteiger partial charge is 0.466 e. The Morgan fingerprint density at radius 3 is 1.90 bits per heavy atom. The van der Waals surface area contributed by atoms with Crippen molar-refractivity contribution in [2.75, 3.05) is 19.1 Å². The van der Waals surface area contributed by atoms with Crippen LogP contribution in [0.2, 0.25) is 5.02 Å². The van der Waals surface area contributed by atoms with Crippen LogP contribution in [0.25, 0.3) is 0 Å². The van der Waals surface area contributed by atoms with Gasteiger partial charge in [0, 0.05) is 23.1 Å². The van der Waals surface area contributed by atoms with Crippen molar-refractivity contribution in [1.82, 2.24) is 0 Å². The lowest BCUT2D eigenvalue weighted by Gasteiger charge is -2.30. The maximum Gasteiger partial charge on any atom is 0.336 e. The summed E-state index contributed by atoms with van der Waals surface area (Å²) in [6.45, 7) is 4.03. The van der Waals surface area contributed by atoms with Crippen molar-refractivity contribution in [2.45, 2.75) is 19.8 Å². The quantitative estimate of drug-likeness (QED) is 0.684. The molecule has 2 aromatic rings. The van der Waals surface area contributed by atoms with Crippen molar-refractivity contribution in [3.8, 4) is 0 Å². The lowest BCUT2D eigenvalue weighted by Crippen LogP contribution is -2.28. The van der Waals surface area contributed by atoms with Crippen molar-refractivity contribution in [2.24, 2.45) is 0 Å². The highest BCUT2D eigenvalue weighted by atomic mass is 35.5. The van der Waals surface area contributed by atoms with Gasteiger partial charge in [0.15, 0.2) is 0 Å². The van der Waals surface area contributed by atoms with Crippen LogP contribution in [0.4, 0.5) is 5.69 Å². The highest BCUT2D eigenvalue weighted by molar-refractivity contribution is 6.30. The number of rotatable bonds is 4. The molecule has 0 N–H and O–H groups in total. The molecule has 0 bridgehead atoms. The summed E-state index contributed by atoms with van der Waals surface area (Å²) in [5, 5.41) is 0.563. The summed E-state index contributed by atoms with van der Waals surface area (Å²) in [6.07, 6.45) is 3.39. The predicted molar refractivity (Wildman–Crippen MR) is 113 cm³/mol. The maximum absolute atomic E-state index is 12.6. The SMILES string of the molecule is COC(=O)C1=CN(c2ccc(C)c(C)c2)C=C(C(=O)OC)C1c1ccc(Cl)cc1. The fourth-order valence-electron chi connectivity index (χ4n) is 3.28. The average Bonchev–Trinajstić information content (AvgIpc) is 2.74. The molecule has 0 saturated heterocycles. The van der Waals surface area contributed by atoms with E-state index in [1.807, 2.05) is 32.0 Å². The summed E-state index contributed by atoms with van der Waals surface area (Å²) in [6, 6.07) is 12.9. The molecule has 2 aromatic carbocycles. The first-order chi connectivity index (χ1) is 13.8. The van der Waals surface area contributed by atoms with Crippen LogP contribution in [0.5, 0.6) is 0 Å². The number of esters is 2. The van der Waals surface area contributed by atoms with Crippen LogP contribution >= 0.6 is 11.6 Å². The second-order valence-corrected chi connectivity index (χ2v) is 7.25. The van der Waals surface area contributed by atoms with E-state index in [1.54, 1.807) is 41.6 Å². The molecule has 0 aliphatic carbocycles. The van der Waals surface area contributed by atoms with E-state index >= 15 is 0 Å². The van der Waals surface area contributed by atoms with E-state index < -0.39 is 17.9 Å². The third-order valence-electron chi connectivity index (χ3n) is 5.01. The molecular weight excluding hydrogens is 390 g/mol. The van der Waals surface area contributed by atoms with Gasteiger partial charge in [-0.25, -0.2) is 9.59 Å². The molecule has 0 radical (unpaired) electrons. The predicted octanol–water partition coefficient (Wildman–Crippen LogP) is 4.67. The first-order valence-corrected chi connectivity index (χ1v) is 9.44. The van der Waals surface area contributed by atoms with Crippen LogP contribution < -0.4 is 4.90 Å².